The van der Waals surface area contributed by atoms with Gasteiger partial charge in [-0.05, 0) is 54.6 Å². The van der Waals surface area contributed by atoms with Crippen LogP contribution in [-0.2, 0) is 18.3 Å². The van der Waals surface area contributed by atoms with Crippen molar-refractivity contribution in [2.24, 2.45) is 12.7 Å². The summed E-state index contributed by atoms with van der Waals surface area (Å²) >= 11 is 0. The number of nitrogen functional groups attached to an aromatic ring is 1. The van der Waals surface area contributed by atoms with Gasteiger partial charge in [0.05, 0.1) is 24.0 Å². The highest BCUT2D eigenvalue weighted by Gasteiger charge is 2.21. The van der Waals surface area contributed by atoms with Crippen molar-refractivity contribution in [2.75, 3.05) is 16.8 Å². The number of pyridine rings is 1. The molecule has 0 aliphatic rings. The summed E-state index contributed by atoms with van der Waals surface area (Å²) in [4.78, 5) is 34.5. The van der Waals surface area contributed by atoms with E-state index >= 15 is 0 Å². The standard InChI is InChI=1S/C25H25N7O3/c1-31-20-10-7-17(25(35)32(13-11-23(33)34)21-4-2-3-12-28-21)14-19(20)30-22(31)15-29-18-8-5-16(6-9-18)24(26)27/h2-10,12,14,29H,11,13,15H2,1H3,(H3,26,27)(H,33,34)/i1+1D3. The van der Waals surface area contributed by atoms with Gasteiger partial charge in [-0.25, -0.2) is 9.97 Å². The van der Waals surface area contributed by atoms with Gasteiger partial charge in [-0.15, -0.1) is 0 Å². The molecule has 0 unspecified atom stereocenters. The van der Waals surface area contributed by atoms with E-state index < -0.39 is 18.9 Å². The maximum absolute atomic E-state index is 13.4. The maximum atomic E-state index is 13.4. The summed E-state index contributed by atoms with van der Waals surface area (Å²) in [5.74, 6) is -1.07. The molecule has 2 aromatic carbocycles. The highest BCUT2D eigenvalue weighted by Crippen LogP contribution is 2.21. The lowest BCUT2D eigenvalue weighted by Crippen LogP contribution is -2.33. The van der Waals surface area contributed by atoms with Gasteiger partial charge < -0.3 is 20.7 Å². The van der Waals surface area contributed by atoms with Crippen LogP contribution in [0.25, 0.3) is 11.0 Å². The zero-order valence-electron chi connectivity index (χ0n) is 21.6. The average molecular weight is 476 g/mol. The minimum Gasteiger partial charge on any atom is -0.481 e. The predicted molar refractivity (Wildman–Crippen MR) is 134 cm³/mol. The number of aliphatic carboxylic acids is 1. The van der Waals surface area contributed by atoms with Gasteiger partial charge in [-0.3, -0.25) is 19.9 Å². The first-order valence-electron chi connectivity index (χ1n) is 12.2. The Morgan fingerprint density at radius 2 is 1.94 bits per heavy atom. The first kappa shape index (κ1) is 19.7. The Kier molecular flexibility index (Phi) is 5.65. The second-order valence-electron chi connectivity index (χ2n) is 7.70. The highest BCUT2D eigenvalue weighted by atomic mass is 16.4. The number of carboxylic acid groups (broad SMARTS) is 1. The highest BCUT2D eigenvalue weighted by molar-refractivity contribution is 6.07. The van der Waals surface area contributed by atoms with E-state index in [9.17, 15) is 9.59 Å². The van der Waals surface area contributed by atoms with E-state index in [0.29, 0.717) is 28.1 Å². The molecule has 4 aromatic rings. The molecular weight excluding hydrogens is 447 g/mol. The molecule has 1 amide bonds. The number of anilines is 2. The first-order valence-corrected chi connectivity index (χ1v) is 10.7. The van der Waals surface area contributed by atoms with Gasteiger partial charge in [0, 0.05) is 40.6 Å². The van der Waals surface area contributed by atoms with Crippen LogP contribution >= 0.6 is 0 Å². The molecule has 10 heteroatoms. The smallest absolute Gasteiger partial charge is 0.305 e. The lowest BCUT2D eigenvalue weighted by atomic mass is 10.1. The van der Waals surface area contributed by atoms with Crippen LogP contribution in [-0.4, -0.2) is 43.9 Å². The number of hydrogen-bond donors (Lipinski definition) is 4. The number of amidine groups is 1. The maximum Gasteiger partial charge on any atom is 0.305 e. The predicted octanol–water partition coefficient (Wildman–Crippen LogP) is 2.99. The molecule has 10 nitrogen and oxygen atoms in total. The summed E-state index contributed by atoms with van der Waals surface area (Å²) < 4.78 is 25.2. The number of hydrogen-bond acceptors (Lipinski definition) is 6. The van der Waals surface area contributed by atoms with Gasteiger partial charge in [0.2, 0.25) is 0 Å². The van der Waals surface area contributed by atoms with Gasteiger partial charge in [0.1, 0.15) is 17.5 Å². The van der Waals surface area contributed by atoms with E-state index in [1.165, 1.54) is 29.3 Å². The van der Waals surface area contributed by atoms with Gasteiger partial charge in [0.25, 0.3) is 5.91 Å². The number of carboxylic acids is 1. The minimum atomic E-state index is -2.53. The van der Waals surface area contributed by atoms with Crippen LogP contribution in [0.15, 0.2) is 66.9 Å². The van der Waals surface area contributed by atoms with E-state index in [2.05, 4.69) is 15.3 Å². The summed E-state index contributed by atoms with van der Waals surface area (Å²) in [7, 11) is 0. The Morgan fingerprint density at radius 1 is 1.17 bits per heavy atom. The molecule has 0 atom stereocenters. The van der Waals surface area contributed by atoms with Crippen molar-refractivity contribution < 1.29 is 18.8 Å². The number of aryl methyl sites for hydroxylation is 1. The molecule has 0 aliphatic carbocycles. The van der Waals surface area contributed by atoms with Crippen LogP contribution < -0.4 is 16.0 Å². The molecule has 0 saturated carbocycles. The fraction of sp³-hybridized carbons (Fsp3) is 0.160. The molecule has 0 spiro atoms. The van der Waals surface area contributed by atoms with Gasteiger partial charge in [-0.1, -0.05) is 6.07 Å². The zero-order valence-corrected chi connectivity index (χ0v) is 18.6. The molecule has 0 saturated heterocycles. The molecule has 178 valence electrons. The molecule has 0 fully saturated rings. The number of nitrogens with two attached hydrogens (primary N) is 1. The third-order valence-corrected chi connectivity index (χ3v) is 5.34. The summed E-state index contributed by atoms with van der Waals surface area (Å²) in [5, 5.41) is 19.8. The fourth-order valence-corrected chi connectivity index (χ4v) is 3.53. The van der Waals surface area contributed by atoms with Crippen molar-refractivity contribution in [3.8, 4) is 0 Å². The lowest BCUT2D eigenvalue weighted by molar-refractivity contribution is -0.136. The van der Waals surface area contributed by atoms with E-state index in [1.807, 2.05) is 0 Å². The zero-order chi connectivity index (χ0) is 27.4. The summed E-state index contributed by atoms with van der Waals surface area (Å²) in [6.07, 6.45) is 1.23. The van der Waals surface area contributed by atoms with Crippen molar-refractivity contribution in [3.63, 3.8) is 0 Å². The van der Waals surface area contributed by atoms with Crippen molar-refractivity contribution in [1.29, 1.82) is 5.41 Å². The molecule has 0 aliphatic heterocycles. The number of imidazole rings is 1. The molecule has 2 aromatic heterocycles. The first-order chi connectivity index (χ1) is 18.0. The van der Waals surface area contributed by atoms with Crippen molar-refractivity contribution >= 4 is 40.3 Å². The van der Waals surface area contributed by atoms with E-state index in [0.717, 1.165) is 4.57 Å². The van der Waals surface area contributed by atoms with Crippen molar-refractivity contribution in [2.45, 2.75) is 13.0 Å². The summed E-state index contributed by atoms with van der Waals surface area (Å²) in [6.45, 7) is -2.55. The van der Waals surface area contributed by atoms with Crippen molar-refractivity contribution in [3.05, 3.63) is 83.8 Å². The Labute approximate surface area is 205 Å². The van der Waals surface area contributed by atoms with E-state index in [4.69, 9.17) is 20.4 Å². The quantitative estimate of drug-likeness (QED) is 0.165. The number of carbonyl (C=O) groups is 2. The van der Waals surface area contributed by atoms with Crippen LogP contribution in [0.1, 0.15) is 32.3 Å². The number of nitrogens with zero attached hydrogens (tertiary/aromatic N) is 4. The Bertz CT molecular complexity index is 1490. The van der Waals surface area contributed by atoms with Gasteiger partial charge in [-0.2, -0.15) is 0 Å². The van der Waals surface area contributed by atoms with Crippen LogP contribution in [0.4, 0.5) is 11.5 Å². The number of benzene rings is 2. The lowest BCUT2D eigenvalue weighted by Gasteiger charge is -2.21. The second kappa shape index (κ2) is 10.0. The SMILES string of the molecule is [2H][13C]([2H])([2H])n1c(CNc2ccc(C(=N)N)cc2)nc2cc(C(=O)N(CCC(=O)O)c3ccccn3)ccc21. The topological polar surface area (TPSA) is 150 Å². The fourth-order valence-electron chi connectivity index (χ4n) is 3.53. The van der Waals surface area contributed by atoms with E-state index in [-0.39, 0.29) is 36.7 Å². The van der Waals surface area contributed by atoms with Crippen LogP contribution in [0.2, 0.25) is 0 Å². The second-order valence-corrected chi connectivity index (χ2v) is 7.70. The number of rotatable bonds is 9. The molecule has 35 heavy (non-hydrogen) atoms. The number of nitrogens with one attached hydrogen (secondary N) is 2. The summed E-state index contributed by atoms with van der Waals surface area (Å²) in [6, 6.07) is 16.3. The van der Waals surface area contributed by atoms with Gasteiger partial charge >= 0.3 is 5.97 Å². The van der Waals surface area contributed by atoms with Gasteiger partial charge in [0.15, 0.2) is 0 Å². The summed E-state index contributed by atoms with van der Waals surface area (Å²) in [5.41, 5.74) is 7.56. The minimum absolute atomic E-state index is 0.0596. The van der Waals surface area contributed by atoms with Crippen molar-refractivity contribution in [1.82, 2.24) is 14.5 Å². The average Bonchev–Trinajstić information content (AvgIpc) is 3.26. The number of aromatic nitrogens is 3. The van der Waals surface area contributed by atoms with Crippen LogP contribution in [0.3, 0.4) is 0 Å². The Hall–Kier alpha value is -4.73. The Balaban J connectivity index is 1.66. The normalized spacial score (nSPS) is 12.4. The molecule has 2 heterocycles. The number of carbonyl (C=O) groups excluding carboxylic acids is 1. The van der Waals surface area contributed by atoms with E-state index in [1.54, 1.807) is 42.5 Å². The Morgan fingerprint density at radius 3 is 2.60 bits per heavy atom. The van der Waals surface area contributed by atoms with Crippen LogP contribution in [0.5, 0.6) is 0 Å². The van der Waals surface area contributed by atoms with Crippen LogP contribution in [0, 0.1) is 5.41 Å². The number of fused-ring (bicyclic) bond motifs is 1. The molecule has 0 radical (unpaired) electrons. The number of amides is 1. The molecule has 4 rings (SSSR count). The molecule has 5 N–H and O–H groups in total. The third kappa shape index (κ3) is 5.27. The monoisotopic (exact) mass is 475 g/mol. The third-order valence-electron chi connectivity index (χ3n) is 5.34. The molecule has 0 bridgehead atoms. The largest absolute Gasteiger partial charge is 0.481 e. The molecular formula is C25H25N7O3.